The molecule has 1 aliphatic rings. The summed E-state index contributed by atoms with van der Waals surface area (Å²) in [5.41, 5.74) is 4.36. The Morgan fingerprint density at radius 1 is 1.08 bits per heavy atom. The third kappa shape index (κ3) is 4.48. The maximum Gasteiger partial charge on any atom is 0.310 e. The van der Waals surface area contributed by atoms with Crippen molar-refractivity contribution in [3.8, 4) is 6.07 Å². The molecule has 1 amide bonds. The summed E-state index contributed by atoms with van der Waals surface area (Å²) in [5, 5.41) is 11.6. The Kier molecular flexibility index (Phi) is 5.65. The first-order valence-electron chi connectivity index (χ1n) is 8.71. The number of anilines is 1. The van der Waals surface area contributed by atoms with Crippen molar-refractivity contribution in [3.05, 3.63) is 64.7 Å². The quantitative estimate of drug-likeness (QED) is 0.842. The summed E-state index contributed by atoms with van der Waals surface area (Å²) in [6, 6.07) is 14.8. The summed E-state index contributed by atoms with van der Waals surface area (Å²) in [6.45, 7) is -0.371. The van der Waals surface area contributed by atoms with Gasteiger partial charge in [0.2, 0.25) is 0 Å². The van der Waals surface area contributed by atoms with E-state index in [1.165, 1.54) is 24.0 Å². The van der Waals surface area contributed by atoms with Gasteiger partial charge in [0, 0.05) is 0 Å². The number of fused-ring (bicyclic) bond motifs is 1. The van der Waals surface area contributed by atoms with Crippen molar-refractivity contribution in [2.24, 2.45) is 0 Å². The van der Waals surface area contributed by atoms with Gasteiger partial charge < -0.3 is 10.1 Å². The van der Waals surface area contributed by atoms with Gasteiger partial charge in [-0.25, -0.2) is 0 Å². The number of carbonyl (C=O) groups is 2. The van der Waals surface area contributed by atoms with Gasteiger partial charge in [-0.15, -0.1) is 0 Å². The van der Waals surface area contributed by atoms with Crippen LogP contribution in [0.25, 0.3) is 0 Å². The summed E-state index contributed by atoms with van der Waals surface area (Å²) in [5.74, 6) is -0.907. The molecule has 3 rings (SSSR count). The molecule has 0 atom stereocenters. The predicted octanol–water partition coefficient (Wildman–Crippen LogP) is 3.16. The first-order chi connectivity index (χ1) is 12.7. The molecular weight excluding hydrogens is 328 g/mol. The lowest BCUT2D eigenvalue weighted by molar-refractivity contribution is -0.146. The molecule has 0 aliphatic heterocycles. The highest BCUT2D eigenvalue weighted by atomic mass is 16.5. The molecule has 26 heavy (non-hydrogen) atoms. The number of benzene rings is 2. The number of rotatable bonds is 5. The number of aryl methyl sites for hydroxylation is 2. The topological polar surface area (TPSA) is 79.2 Å². The Morgan fingerprint density at radius 3 is 2.65 bits per heavy atom. The van der Waals surface area contributed by atoms with E-state index in [4.69, 9.17) is 10.00 Å². The van der Waals surface area contributed by atoms with Crippen molar-refractivity contribution in [2.45, 2.75) is 32.1 Å². The minimum atomic E-state index is -0.466. The molecule has 0 saturated heterocycles. The van der Waals surface area contributed by atoms with Gasteiger partial charge in [0.15, 0.2) is 6.61 Å². The van der Waals surface area contributed by atoms with Gasteiger partial charge in [0.1, 0.15) is 6.07 Å². The van der Waals surface area contributed by atoms with Crippen LogP contribution in [0, 0.1) is 11.3 Å². The fourth-order valence-electron chi connectivity index (χ4n) is 3.14. The summed E-state index contributed by atoms with van der Waals surface area (Å²) in [6.07, 6.45) is 4.71. The maximum atomic E-state index is 12.0. The van der Waals surface area contributed by atoms with Crippen molar-refractivity contribution < 1.29 is 14.3 Å². The van der Waals surface area contributed by atoms with Gasteiger partial charge in [0.05, 0.1) is 17.7 Å². The van der Waals surface area contributed by atoms with Crippen LogP contribution in [0.4, 0.5) is 5.69 Å². The van der Waals surface area contributed by atoms with Gasteiger partial charge in [0.25, 0.3) is 5.91 Å². The van der Waals surface area contributed by atoms with Gasteiger partial charge >= 0.3 is 5.97 Å². The third-order valence-electron chi connectivity index (χ3n) is 4.45. The zero-order chi connectivity index (χ0) is 18.4. The molecule has 2 aromatic rings. The van der Waals surface area contributed by atoms with E-state index < -0.39 is 11.9 Å². The first kappa shape index (κ1) is 17.7. The fraction of sp³-hybridized carbons (Fsp3) is 0.286. The highest BCUT2D eigenvalue weighted by molar-refractivity contribution is 5.94. The second-order valence-electron chi connectivity index (χ2n) is 6.35. The van der Waals surface area contributed by atoms with E-state index in [1.54, 1.807) is 24.3 Å². The zero-order valence-electron chi connectivity index (χ0n) is 14.5. The molecule has 5 heteroatoms. The minimum Gasteiger partial charge on any atom is -0.455 e. The van der Waals surface area contributed by atoms with Gasteiger partial charge in [-0.3, -0.25) is 9.59 Å². The number of para-hydroxylation sites is 1. The summed E-state index contributed by atoms with van der Waals surface area (Å²) in [4.78, 5) is 23.9. The largest absolute Gasteiger partial charge is 0.455 e. The van der Waals surface area contributed by atoms with Crippen LogP contribution in [0.2, 0.25) is 0 Å². The number of amides is 1. The summed E-state index contributed by atoms with van der Waals surface area (Å²) < 4.78 is 5.06. The van der Waals surface area contributed by atoms with Crippen LogP contribution < -0.4 is 5.32 Å². The van der Waals surface area contributed by atoms with Gasteiger partial charge in [-0.1, -0.05) is 30.3 Å². The highest BCUT2D eigenvalue weighted by Gasteiger charge is 2.13. The van der Waals surface area contributed by atoms with Crippen LogP contribution in [0.15, 0.2) is 42.5 Å². The maximum absolute atomic E-state index is 12.0. The van der Waals surface area contributed by atoms with Crippen molar-refractivity contribution in [1.29, 1.82) is 5.26 Å². The van der Waals surface area contributed by atoms with E-state index in [0.717, 1.165) is 18.4 Å². The summed E-state index contributed by atoms with van der Waals surface area (Å²) in [7, 11) is 0. The molecule has 2 aromatic carbocycles. The molecule has 1 N–H and O–H groups in total. The number of esters is 1. The standard InChI is InChI=1S/C21H20N2O3/c22-13-18-7-3-4-8-19(18)23-20(24)14-26-21(25)12-15-9-10-16-5-1-2-6-17(16)11-15/h3-4,7-11H,1-2,5-6,12,14H2,(H,23,24). The van der Waals surface area contributed by atoms with Crippen LogP contribution in [-0.4, -0.2) is 18.5 Å². The van der Waals surface area contributed by atoms with E-state index in [2.05, 4.69) is 17.4 Å². The molecule has 1 aliphatic carbocycles. The molecule has 0 radical (unpaired) electrons. The first-order valence-corrected chi connectivity index (χ1v) is 8.71. The van der Waals surface area contributed by atoms with Crippen molar-refractivity contribution >= 4 is 17.6 Å². The van der Waals surface area contributed by atoms with E-state index in [1.807, 2.05) is 12.1 Å². The number of ether oxygens (including phenoxy) is 1. The second-order valence-corrected chi connectivity index (χ2v) is 6.35. The number of hydrogen-bond acceptors (Lipinski definition) is 4. The van der Waals surface area contributed by atoms with Crippen LogP contribution >= 0.6 is 0 Å². The van der Waals surface area contributed by atoms with E-state index in [-0.39, 0.29) is 13.0 Å². The van der Waals surface area contributed by atoms with Gasteiger partial charge in [-0.05, 0) is 54.5 Å². The second kappa shape index (κ2) is 8.30. The Morgan fingerprint density at radius 2 is 1.85 bits per heavy atom. The zero-order valence-corrected chi connectivity index (χ0v) is 14.5. The molecule has 0 saturated carbocycles. The molecule has 0 bridgehead atoms. The normalized spacial score (nSPS) is 12.6. The third-order valence-corrected chi connectivity index (χ3v) is 4.45. The molecule has 5 nitrogen and oxygen atoms in total. The lowest BCUT2D eigenvalue weighted by Crippen LogP contribution is -2.22. The lowest BCUT2D eigenvalue weighted by Gasteiger charge is -2.16. The van der Waals surface area contributed by atoms with E-state index in [9.17, 15) is 9.59 Å². The van der Waals surface area contributed by atoms with Crippen LogP contribution in [0.5, 0.6) is 0 Å². The molecule has 0 aromatic heterocycles. The molecule has 0 fully saturated rings. The van der Waals surface area contributed by atoms with Crippen molar-refractivity contribution in [2.75, 3.05) is 11.9 Å². The smallest absolute Gasteiger partial charge is 0.310 e. The van der Waals surface area contributed by atoms with Crippen molar-refractivity contribution in [1.82, 2.24) is 0 Å². The highest BCUT2D eigenvalue weighted by Crippen LogP contribution is 2.22. The van der Waals surface area contributed by atoms with Crippen LogP contribution in [-0.2, 0) is 33.6 Å². The number of nitrogens with zero attached hydrogens (tertiary/aromatic N) is 1. The van der Waals surface area contributed by atoms with E-state index in [0.29, 0.717) is 11.3 Å². The molecule has 132 valence electrons. The average molecular weight is 348 g/mol. The molecule has 0 heterocycles. The Hall–Kier alpha value is -3.13. The number of hydrogen-bond donors (Lipinski definition) is 1. The number of nitrogens with one attached hydrogen (secondary N) is 1. The van der Waals surface area contributed by atoms with Gasteiger partial charge in [-0.2, -0.15) is 5.26 Å². The van der Waals surface area contributed by atoms with E-state index >= 15 is 0 Å². The average Bonchev–Trinajstić information content (AvgIpc) is 2.67. The SMILES string of the molecule is N#Cc1ccccc1NC(=O)COC(=O)Cc1ccc2c(c1)CCCC2. The predicted molar refractivity (Wildman–Crippen MR) is 97.5 cm³/mol. The van der Waals surface area contributed by atoms with Crippen LogP contribution in [0.3, 0.4) is 0 Å². The number of carbonyl (C=O) groups excluding carboxylic acids is 2. The van der Waals surface area contributed by atoms with Crippen molar-refractivity contribution in [3.63, 3.8) is 0 Å². The molecular formula is C21H20N2O3. The molecule has 0 spiro atoms. The number of nitriles is 1. The Bertz CT molecular complexity index is 868. The fourth-order valence-corrected chi connectivity index (χ4v) is 3.14. The minimum absolute atomic E-state index is 0.148. The monoisotopic (exact) mass is 348 g/mol. The lowest BCUT2D eigenvalue weighted by atomic mass is 9.90. The Balaban J connectivity index is 1.51. The Labute approximate surface area is 152 Å². The van der Waals surface area contributed by atoms with Crippen LogP contribution in [0.1, 0.15) is 35.1 Å². The summed E-state index contributed by atoms with van der Waals surface area (Å²) >= 11 is 0. The molecule has 0 unspecified atom stereocenters.